The van der Waals surface area contributed by atoms with E-state index in [1.54, 1.807) is 0 Å². The summed E-state index contributed by atoms with van der Waals surface area (Å²) in [6.45, 7) is 7.31. The monoisotopic (exact) mass is 184 g/mol. The number of hydrogen-bond donors (Lipinski definition) is 1. The van der Waals surface area contributed by atoms with Crippen molar-refractivity contribution in [1.82, 2.24) is 15.0 Å². The number of anilines is 1. The van der Waals surface area contributed by atoms with Crippen molar-refractivity contribution in [3.63, 3.8) is 0 Å². The van der Waals surface area contributed by atoms with Crippen LogP contribution in [0.5, 0.6) is 0 Å². The van der Waals surface area contributed by atoms with Crippen LogP contribution in [0.3, 0.4) is 0 Å². The summed E-state index contributed by atoms with van der Waals surface area (Å²) in [6, 6.07) is 0.148. The van der Waals surface area contributed by atoms with E-state index in [-0.39, 0.29) is 6.01 Å². The SMILES string of the molecule is CCN(CC)CCc1noc(N)n1. The summed E-state index contributed by atoms with van der Waals surface area (Å²) in [6.07, 6.45) is 0.794. The lowest BCUT2D eigenvalue weighted by Gasteiger charge is -2.16. The molecular weight excluding hydrogens is 168 g/mol. The Morgan fingerprint density at radius 1 is 1.38 bits per heavy atom. The summed E-state index contributed by atoms with van der Waals surface area (Å²) in [7, 11) is 0. The van der Waals surface area contributed by atoms with Gasteiger partial charge in [0.25, 0.3) is 0 Å². The largest absolute Gasteiger partial charge is 0.351 e. The van der Waals surface area contributed by atoms with Gasteiger partial charge in [-0.05, 0) is 13.1 Å². The molecule has 0 aliphatic carbocycles. The predicted molar refractivity (Wildman–Crippen MR) is 50.2 cm³/mol. The Hall–Kier alpha value is -1.10. The number of aromatic nitrogens is 2. The molecular formula is C8H16N4O. The third-order valence-electron chi connectivity index (χ3n) is 2.03. The van der Waals surface area contributed by atoms with E-state index >= 15 is 0 Å². The van der Waals surface area contributed by atoms with Gasteiger partial charge in [-0.3, -0.25) is 0 Å². The van der Waals surface area contributed by atoms with Crippen LogP contribution in [0.4, 0.5) is 6.01 Å². The smallest absolute Gasteiger partial charge is 0.318 e. The number of hydrogen-bond acceptors (Lipinski definition) is 5. The van der Waals surface area contributed by atoms with Gasteiger partial charge < -0.3 is 15.2 Å². The van der Waals surface area contributed by atoms with E-state index in [0.717, 1.165) is 26.1 Å². The lowest BCUT2D eigenvalue weighted by atomic mass is 10.3. The molecule has 5 heteroatoms. The number of nitrogens with two attached hydrogens (primary N) is 1. The summed E-state index contributed by atoms with van der Waals surface area (Å²) in [5.41, 5.74) is 5.30. The van der Waals surface area contributed by atoms with E-state index in [1.165, 1.54) is 0 Å². The van der Waals surface area contributed by atoms with Crippen LogP contribution in [0, 0.1) is 0 Å². The maximum Gasteiger partial charge on any atom is 0.318 e. The molecule has 0 unspecified atom stereocenters. The molecule has 0 atom stereocenters. The number of rotatable bonds is 5. The summed E-state index contributed by atoms with van der Waals surface area (Å²) in [4.78, 5) is 6.22. The molecule has 0 radical (unpaired) electrons. The molecule has 13 heavy (non-hydrogen) atoms. The van der Waals surface area contributed by atoms with Crippen LogP contribution in [0.15, 0.2) is 4.52 Å². The van der Waals surface area contributed by atoms with Crippen LogP contribution in [-0.4, -0.2) is 34.7 Å². The third-order valence-corrected chi connectivity index (χ3v) is 2.03. The van der Waals surface area contributed by atoms with Gasteiger partial charge in [0, 0.05) is 13.0 Å². The first-order valence-corrected chi connectivity index (χ1v) is 4.56. The van der Waals surface area contributed by atoms with Crippen LogP contribution in [0.2, 0.25) is 0 Å². The van der Waals surface area contributed by atoms with Gasteiger partial charge in [-0.2, -0.15) is 4.98 Å². The average molecular weight is 184 g/mol. The molecule has 0 fully saturated rings. The Kier molecular flexibility index (Phi) is 3.70. The molecule has 0 saturated carbocycles. The second-order valence-corrected chi connectivity index (χ2v) is 2.83. The molecule has 0 bridgehead atoms. The van der Waals surface area contributed by atoms with Crippen LogP contribution >= 0.6 is 0 Å². The molecule has 74 valence electrons. The van der Waals surface area contributed by atoms with Crippen molar-refractivity contribution >= 4 is 6.01 Å². The molecule has 1 aromatic heterocycles. The first-order valence-electron chi connectivity index (χ1n) is 4.56. The predicted octanol–water partition coefficient (Wildman–Crippen LogP) is 0.536. The highest BCUT2D eigenvalue weighted by Crippen LogP contribution is 1.99. The molecule has 2 N–H and O–H groups in total. The van der Waals surface area contributed by atoms with Gasteiger partial charge in [-0.1, -0.05) is 19.0 Å². The minimum absolute atomic E-state index is 0.148. The van der Waals surface area contributed by atoms with Crippen molar-refractivity contribution in [1.29, 1.82) is 0 Å². The van der Waals surface area contributed by atoms with Gasteiger partial charge in [-0.15, -0.1) is 0 Å². The minimum atomic E-state index is 0.148. The number of nitrogen functional groups attached to an aromatic ring is 1. The lowest BCUT2D eigenvalue weighted by Crippen LogP contribution is -2.25. The Labute approximate surface area is 77.9 Å². The molecule has 0 aliphatic rings. The van der Waals surface area contributed by atoms with Crippen molar-refractivity contribution in [3.05, 3.63) is 5.82 Å². The highest BCUT2D eigenvalue weighted by atomic mass is 16.5. The van der Waals surface area contributed by atoms with Gasteiger partial charge in [-0.25, -0.2) is 0 Å². The molecule has 0 saturated heterocycles. The molecule has 0 spiro atoms. The van der Waals surface area contributed by atoms with E-state index in [2.05, 4.69) is 33.4 Å². The van der Waals surface area contributed by atoms with Crippen molar-refractivity contribution in [2.24, 2.45) is 0 Å². The van der Waals surface area contributed by atoms with E-state index in [4.69, 9.17) is 5.73 Å². The van der Waals surface area contributed by atoms with Crippen molar-refractivity contribution < 1.29 is 4.52 Å². The zero-order valence-corrected chi connectivity index (χ0v) is 8.16. The normalized spacial score (nSPS) is 11.0. The summed E-state index contributed by atoms with van der Waals surface area (Å²) < 4.78 is 4.66. The highest BCUT2D eigenvalue weighted by molar-refractivity contribution is 5.07. The summed E-state index contributed by atoms with van der Waals surface area (Å²) in [5, 5.41) is 3.72. The maximum atomic E-state index is 5.30. The molecule has 5 nitrogen and oxygen atoms in total. The molecule has 0 aliphatic heterocycles. The van der Waals surface area contributed by atoms with E-state index in [9.17, 15) is 0 Å². The average Bonchev–Trinajstić information content (AvgIpc) is 2.53. The second-order valence-electron chi connectivity index (χ2n) is 2.83. The standard InChI is InChI=1S/C8H16N4O/c1-3-12(4-2)6-5-7-10-8(9)13-11-7/h3-6H2,1-2H3,(H2,9,10,11). The fraction of sp³-hybridized carbons (Fsp3) is 0.750. The van der Waals surface area contributed by atoms with Gasteiger partial charge in [0.05, 0.1) is 0 Å². The second kappa shape index (κ2) is 4.81. The van der Waals surface area contributed by atoms with Crippen LogP contribution in [0.25, 0.3) is 0 Å². The minimum Gasteiger partial charge on any atom is -0.351 e. The lowest BCUT2D eigenvalue weighted by molar-refractivity contribution is 0.303. The van der Waals surface area contributed by atoms with Gasteiger partial charge in [0.1, 0.15) is 0 Å². The van der Waals surface area contributed by atoms with Crippen molar-refractivity contribution in [2.75, 3.05) is 25.4 Å². The number of likely N-dealkylation sites (N-methyl/N-ethyl adjacent to an activating group) is 1. The van der Waals surface area contributed by atoms with Crippen LogP contribution in [-0.2, 0) is 6.42 Å². The molecule has 0 amide bonds. The van der Waals surface area contributed by atoms with Crippen LogP contribution in [0.1, 0.15) is 19.7 Å². The molecule has 0 aromatic carbocycles. The first-order chi connectivity index (χ1) is 6.26. The molecule has 1 heterocycles. The zero-order chi connectivity index (χ0) is 9.68. The maximum absolute atomic E-state index is 5.30. The van der Waals surface area contributed by atoms with Crippen LogP contribution < -0.4 is 5.73 Å². The first kappa shape index (κ1) is 9.98. The molecule has 1 aromatic rings. The third kappa shape index (κ3) is 3.02. The topological polar surface area (TPSA) is 68.2 Å². The zero-order valence-electron chi connectivity index (χ0n) is 8.16. The van der Waals surface area contributed by atoms with E-state index in [1.807, 2.05) is 0 Å². The van der Waals surface area contributed by atoms with E-state index in [0.29, 0.717) is 5.82 Å². The Morgan fingerprint density at radius 2 is 2.08 bits per heavy atom. The Balaban J connectivity index is 2.33. The fourth-order valence-electron chi connectivity index (χ4n) is 1.17. The van der Waals surface area contributed by atoms with E-state index < -0.39 is 0 Å². The van der Waals surface area contributed by atoms with Gasteiger partial charge in [0.15, 0.2) is 5.82 Å². The summed E-state index contributed by atoms with van der Waals surface area (Å²) >= 11 is 0. The van der Waals surface area contributed by atoms with Gasteiger partial charge >= 0.3 is 6.01 Å². The van der Waals surface area contributed by atoms with Crippen molar-refractivity contribution in [3.8, 4) is 0 Å². The summed E-state index contributed by atoms with van der Waals surface area (Å²) in [5.74, 6) is 0.685. The number of nitrogens with zero attached hydrogens (tertiary/aromatic N) is 3. The fourth-order valence-corrected chi connectivity index (χ4v) is 1.17. The van der Waals surface area contributed by atoms with Gasteiger partial charge in [0.2, 0.25) is 0 Å². The Bertz CT molecular complexity index is 244. The quantitative estimate of drug-likeness (QED) is 0.723. The Morgan fingerprint density at radius 3 is 2.54 bits per heavy atom. The van der Waals surface area contributed by atoms with Crippen molar-refractivity contribution in [2.45, 2.75) is 20.3 Å². The highest BCUT2D eigenvalue weighted by Gasteiger charge is 2.04. The molecule has 1 rings (SSSR count).